The molecule has 0 radical (unpaired) electrons. The van der Waals surface area contributed by atoms with Crippen LogP contribution in [0.25, 0.3) is 0 Å². The average Bonchev–Trinajstić information content (AvgIpc) is 2.14. The standard InChI is InChI=1S/C4H4N2O/c5-1-4-2-6-7-3-4/h2,4H,3H2. The Bertz CT molecular complexity index is 124. The number of oxime groups is 1. The summed E-state index contributed by atoms with van der Waals surface area (Å²) >= 11 is 0. The van der Waals surface area contributed by atoms with E-state index >= 15 is 0 Å². The molecule has 7 heavy (non-hydrogen) atoms. The molecule has 0 saturated carbocycles. The van der Waals surface area contributed by atoms with Crippen LogP contribution in [-0.2, 0) is 4.84 Å². The van der Waals surface area contributed by atoms with Gasteiger partial charge in [0.25, 0.3) is 0 Å². The molecule has 1 heterocycles. The van der Waals surface area contributed by atoms with Crippen molar-refractivity contribution < 1.29 is 4.84 Å². The lowest BCUT2D eigenvalue weighted by Gasteiger charge is -1.84. The number of nitriles is 1. The molecule has 1 aliphatic heterocycles. The van der Waals surface area contributed by atoms with E-state index in [2.05, 4.69) is 9.99 Å². The van der Waals surface area contributed by atoms with E-state index in [1.165, 1.54) is 6.21 Å². The summed E-state index contributed by atoms with van der Waals surface area (Å²) in [6.45, 7) is 0.427. The van der Waals surface area contributed by atoms with Crippen LogP contribution in [0.5, 0.6) is 0 Å². The molecular weight excluding hydrogens is 92.1 g/mol. The first-order valence-electron chi connectivity index (χ1n) is 1.98. The zero-order valence-corrected chi connectivity index (χ0v) is 3.66. The van der Waals surface area contributed by atoms with E-state index in [-0.39, 0.29) is 5.92 Å². The van der Waals surface area contributed by atoms with Gasteiger partial charge in [-0.15, -0.1) is 0 Å². The van der Waals surface area contributed by atoms with Gasteiger partial charge in [0.1, 0.15) is 12.5 Å². The molecule has 0 fully saturated rings. The van der Waals surface area contributed by atoms with Crippen molar-refractivity contribution in [2.45, 2.75) is 0 Å². The first kappa shape index (κ1) is 4.13. The normalized spacial score (nSPS) is 26.4. The third kappa shape index (κ3) is 0.686. The Kier molecular flexibility index (Phi) is 0.947. The Labute approximate surface area is 41.2 Å². The molecule has 0 aliphatic carbocycles. The lowest BCUT2D eigenvalue weighted by Crippen LogP contribution is -1.96. The van der Waals surface area contributed by atoms with Crippen molar-refractivity contribution in [3.63, 3.8) is 0 Å². The predicted molar refractivity (Wildman–Crippen MR) is 23.5 cm³/mol. The molecule has 1 aliphatic rings. The molecule has 0 aromatic heterocycles. The summed E-state index contributed by atoms with van der Waals surface area (Å²) in [6.07, 6.45) is 1.50. The van der Waals surface area contributed by atoms with Crippen LogP contribution in [0.1, 0.15) is 0 Å². The van der Waals surface area contributed by atoms with Crippen LogP contribution in [0.3, 0.4) is 0 Å². The highest BCUT2D eigenvalue weighted by Gasteiger charge is 2.08. The lowest BCUT2D eigenvalue weighted by atomic mass is 10.2. The van der Waals surface area contributed by atoms with Gasteiger partial charge in [-0.25, -0.2) is 0 Å². The molecular formula is C4H4N2O. The molecule has 1 atom stereocenters. The summed E-state index contributed by atoms with van der Waals surface area (Å²) in [4.78, 5) is 4.49. The van der Waals surface area contributed by atoms with Crippen LogP contribution in [0.4, 0.5) is 0 Å². The summed E-state index contributed by atoms with van der Waals surface area (Å²) in [5, 5.41) is 11.5. The lowest BCUT2D eigenvalue weighted by molar-refractivity contribution is 0.163. The van der Waals surface area contributed by atoms with Gasteiger partial charge in [0.2, 0.25) is 0 Å². The fourth-order valence-corrected chi connectivity index (χ4v) is 0.353. The molecule has 0 spiro atoms. The van der Waals surface area contributed by atoms with Crippen LogP contribution >= 0.6 is 0 Å². The SMILES string of the molecule is N#CC1C=NOC1. The maximum Gasteiger partial charge on any atom is 0.138 e. The van der Waals surface area contributed by atoms with Gasteiger partial charge in [0, 0.05) is 0 Å². The van der Waals surface area contributed by atoms with E-state index in [0.717, 1.165) is 0 Å². The minimum absolute atomic E-state index is 0.111. The molecule has 0 amide bonds. The highest BCUT2D eigenvalue weighted by molar-refractivity contribution is 5.64. The molecule has 0 saturated heterocycles. The fourth-order valence-electron chi connectivity index (χ4n) is 0.353. The topological polar surface area (TPSA) is 45.4 Å². The van der Waals surface area contributed by atoms with E-state index in [4.69, 9.17) is 5.26 Å². The van der Waals surface area contributed by atoms with Crippen LogP contribution < -0.4 is 0 Å². The number of rotatable bonds is 0. The van der Waals surface area contributed by atoms with Crippen molar-refractivity contribution in [2.75, 3.05) is 6.61 Å². The highest BCUT2D eigenvalue weighted by Crippen LogP contribution is 1.98. The minimum Gasteiger partial charge on any atom is -0.394 e. The fraction of sp³-hybridized carbons (Fsp3) is 0.500. The quantitative estimate of drug-likeness (QED) is 0.430. The summed E-state index contributed by atoms with van der Waals surface area (Å²) in [7, 11) is 0. The van der Waals surface area contributed by atoms with Crippen molar-refractivity contribution in [3.8, 4) is 6.07 Å². The largest absolute Gasteiger partial charge is 0.394 e. The van der Waals surface area contributed by atoms with Crippen LogP contribution in [0, 0.1) is 17.2 Å². The van der Waals surface area contributed by atoms with Crippen molar-refractivity contribution in [3.05, 3.63) is 0 Å². The van der Waals surface area contributed by atoms with Gasteiger partial charge in [0.15, 0.2) is 0 Å². The minimum atomic E-state index is -0.111. The summed E-state index contributed by atoms with van der Waals surface area (Å²) in [5.41, 5.74) is 0. The second-order valence-corrected chi connectivity index (χ2v) is 1.29. The van der Waals surface area contributed by atoms with Gasteiger partial charge in [-0.05, 0) is 0 Å². The van der Waals surface area contributed by atoms with Crippen molar-refractivity contribution in [1.29, 1.82) is 5.26 Å². The zero-order chi connectivity index (χ0) is 5.11. The smallest absolute Gasteiger partial charge is 0.138 e. The molecule has 3 nitrogen and oxygen atoms in total. The predicted octanol–water partition coefficient (Wildman–Crippen LogP) is 0.142. The van der Waals surface area contributed by atoms with E-state index in [9.17, 15) is 0 Å². The van der Waals surface area contributed by atoms with E-state index in [1.807, 2.05) is 6.07 Å². The Hall–Kier alpha value is -1.04. The van der Waals surface area contributed by atoms with E-state index < -0.39 is 0 Å². The molecule has 36 valence electrons. The van der Waals surface area contributed by atoms with Crippen molar-refractivity contribution >= 4 is 6.21 Å². The second kappa shape index (κ2) is 1.61. The van der Waals surface area contributed by atoms with Crippen molar-refractivity contribution in [1.82, 2.24) is 0 Å². The average molecular weight is 96.1 g/mol. The van der Waals surface area contributed by atoms with Gasteiger partial charge in [-0.2, -0.15) is 5.26 Å². The molecule has 1 rings (SSSR count). The first-order valence-corrected chi connectivity index (χ1v) is 1.98. The van der Waals surface area contributed by atoms with Gasteiger partial charge >= 0.3 is 0 Å². The van der Waals surface area contributed by atoms with E-state index in [0.29, 0.717) is 6.61 Å². The molecule has 0 N–H and O–H groups in total. The van der Waals surface area contributed by atoms with Gasteiger partial charge in [-0.3, -0.25) is 0 Å². The van der Waals surface area contributed by atoms with Gasteiger partial charge in [-0.1, -0.05) is 5.16 Å². The molecule has 0 aromatic rings. The molecule has 0 bridgehead atoms. The monoisotopic (exact) mass is 96.0 g/mol. The molecule has 3 heteroatoms. The maximum absolute atomic E-state index is 8.14. The summed E-state index contributed by atoms with van der Waals surface area (Å²) in [5.74, 6) is -0.111. The summed E-state index contributed by atoms with van der Waals surface area (Å²) < 4.78 is 0. The molecule has 0 aromatic carbocycles. The van der Waals surface area contributed by atoms with Crippen LogP contribution in [0.15, 0.2) is 5.16 Å². The zero-order valence-electron chi connectivity index (χ0n) is 3.66. The van der Waals surface area contributed by atoms with Crippen LogP contribution in [0.2, 0.25) is 0 Å². The number of nitrogens with zero attached hydrogens (tertiary/aromatic N) is 2. The Morgan fingerprint density at radius 3 is 3.14 bits per heavy atom. The van der Waals surface area contributed by atoms with Crippen molar-refractivity contribution in [2.24, 2.45) is 11.1 Å². The summed E-state index contributed by atoms with van der Waals surface area (Å²) in [6, 6.07) is 1.99. The van der Waals surface area contributed by atoms with Gasteiger partial charge < -0.3 is 4.84 Å². The van der Waals surface area contributed by atoms with E-state index in [1.54, 1.807) is 0 Å². The Balaban J connectivity index is 2.47. The maximum atomic E-state index is 8.14. The third-order valence-corrected chi connectivity index (χ3v) is 0.735. The Morgan fingerprint density at radius 2 is 2.86 bits per heavy atom. The number of hydrogen-bond donors (Lipinski definition) is 0. The number of hydrogen-bond acceptors (Lipinski definition) is 3. The van der Waals surface area contributed by atoms with Gasteiger partial charge in [0.05, 0.1) is 12.3 Å². The first-order chi connectivity index (χ1) is 3.43. The highest BCUT2D eigenvalue weighted by atomic mass is 16.6. The molecule has 1 unspecified atom stereocenters. The van der Waals surface area contributed by atoms with Crippen LogP contribution in [-0.4, -0.2) is 12.8 Å². The Morgan fingerprint density at radius 1 is 2.00 bits per heavy atom. The second-order valence-electron chi connectivity index (χ2n) is 1.29. The third-order valence-electron chi connectivity index (χ3n) is 0.735.